The molecule has 0 aliphatic rings. The minimum absolute atomic E-state index is 0.0759. The Kier molecular flexibility index (Phi) is 4.05. The van der Waals surface area contributed by atoms with Gasteiger partial charge in [-0.2, -0.15) is 0 Å². The van der Waals surface area contributed by atoms with E-state index in [0.29, 0.717) is 0 Å². The van der Waals surface area contributed by atoms with Crippen LogP contribution in [0.3, 0.4) is 0 Å². The molecule has 0 spiro atoms. The van der Waals surface area contributed by atoms with Crippen LogP contribution < -0.4 is 0 Å². The molecule has 15 heavy (non-hydrogen) atoms. The van der Waals surface area contributed by atoms with E-state index in [2.05, 4.69) is 0 Å². The van der Waals surface area contributed by atoms with Gasteiger partial charge in [0.25, 0.3) is 0 Å². The molecule has 1 atom stereocenters. The summed E-state index contributed by atoms with van der Waals surface area (Å²) < 4.78 is 18.1. The van der Waals surface area contributed by atoms with Crippen molar-refractivity contribution in [3.05, 3.63) is 34.6 Å². The van der Waals surface area contributed by atoms with E-state index in [-0.39, 0.29) is 17.2 Å². The van der Waals surface area contributed by atoms with Crippen molar-refractivity contribution >= 4 is 17.5 Å². The van der Waals surface area contributed by atoms with E-state index >= 15 is 0 Å². The van der Waals surface area contributed by atoms with Crippen molar-refractivity contribution in [3.8, 4) is 0 Å². The fourth-order valence-corrected chi connectivity index (χ4v) is 1.40. The number of rotatable bonds is 3. The van der Waals surface area contributed by atoms with Gasteiger partial charge >= 0.3 is 0 Å². The Bertz CT molecular complexity index is 350. The zero-order valence-electron chi connectivity index (χ0n) is 8.13. The number of aliphatic hydroxyl groups is 1. The average Bonchev–Trinajstić information content (AvgIpc) is 2.17. The third-order valence-corrected chi connectivity index (χ3v) is 2.15. The van der Waals surface area contributed by atoms with Gasteiger partial charge in [0.2, 0.25) is 5.90 Å². The number of benzene rings is 1. The SMILES string of the molecule is CCOC(=N)[C@@H](O)c1c(F)cccc1Cl. The largest absolute Gasteiger partial charge is 0.479 e. The fourth-order valence-electron chi connectivity index (χ4n) is 1.14. The Hall–Kier alpha value is -1.13. The first kappa shape index (κ1) is 11.9. The quantitative estimate of drug-likeness (QED) is 0.620. The molecule has 0 aromatic heterocycles. The molecular weight excluding hydrogens is 221 g/mol. The highest BCUT2D eigenvalue weighted by atomic mass is 35.5. The lowest BCUT2D eigenvalue weighted by molar-refractivity contribution is 0.187. The van der Waals surface area contributed by atoms with Crippen LogP contribution in [0.25, 0.3) is 0 Å². The lowest BCUT2D eigenvalue weighted by Gasteiger charge is -2.14. The summed E-state index contributed by atoms with van der Waals surface area (Å²) in [6, 6.07) is 4.05. The molecule has 1 aromatic carbocycles. The number of hydrogen-bond acceptors (Lipinski definition) is 3. The van der Waals surface area contributed by atoms with Crippen LogP contribution in [0.5, 0.6) is 0 Å². The van der Waals surface area contributed by atoms with Gasteiger partial charge < -0.3 is 9.84 Å². The third kappa shape index (κ3) is 2.67. The van der Waals surface area contributed by atoms with Crippen molar-refractivity contribution in [2.45, 2.75) is 13.0 Å². The van der Waals surface area contributed by atoms with E-state index in [0.717, 1.165) is 0 Å². The molecule has 3 nitrogen and oxygen atoms in total. The van der Waals surface area contributed by atoms with Crippen LogP contribution in [0, 0.1) is 11.2 Å². The van der Waals surface area contributed by atoms with Gasteiger partial charge in [-0.25, -0.2) is 4.39 Å². The van der Waals surface area contributed by atoms with Crippen molar-refractivity contribution < 1.29 is 14.2 Å². The first-order valence-electron chi connectivity index (χ1n) is 4.41. The number of halogens is 2. The van der Waals surface area contributed by atoms with Crippen molar-refractivity contribution in [1.82, 2.24) is 0 Å². The molecular formula is C10H11ClFNO2. The van der Waals surface area contributed by atoms with E-state index in [1.807, 2.05) is 0 Å². The zero-order chi connectivity index (χ0) is 11.4. The van der Waals surface area contributed by atoms with Crippen LogP contribution >= 0.6 is 11.6 Å². The minimum atomic E-state index is -1.46. The summed E-state index contributed by atoms with van der Waals surface area (Å²) in [5, 5.41) is 17.0. The third-order valence-electron chi connectivity index (χ3n) is 1.82. The van der Waals surface area contributed by atoms with Crippen molar-refractivity contribution in [1.29, 1.82) is 5.41 Å². The molecule has 0 fully saturated rings. The summed E-state index contributed by atoms with van der Waals surface area (Å²) in [5.74, 6) is -1.07. The van der Waals surface area contributed by atoms with Crippen LogP contribution in [-0.4, -0.2) is 17.6 Å². The smallest absolute Gasteiger partial charge is 0.215 e. The number of hydrogen-bond donors (Lipinski definition) is 2. The Morgan fingerprint density at radius 3 is 2.87 bits per heavy atom. The zero-order valence-corrected chi connectivity index (χ0v) is 8.88. The second-order valence-electron chi connectivity index (χ2n) is 2.84. The lowest BCUT2D eigenvalue weighted by Crippen LogP contribution is -2.16. The molecule has 0 radical (unpaired) electrons. The molecule has 0 aliphatic heterocycles. The highest BCUT2D eigenvalue weighted by Gasteiger charge is 2.21. The summed E-state index contributed by atoms with van der Waals surface area (Å²) >= 11 is 5.72. The number of aliphatic hydroxyl groups excluding tert-OH is 1. The van der Waals surface area contributed by atoms with Crippen LogP contribution in [0.15, 0.2) is 18.2 Å². The summed E-state index contributed by atoms with van der Waals surface area (Å²) in [6.07, 6.45) is -1.46. The van der Waals surface area contributed by atoms with Crippen molar-refractivity contribution in [3.63, 3.8) is 0 Å². The van der Waals surface area contributed by atoms with Crippen LogP contribution in [-0.2, 0) is 4.74 Å². The van der Waals surface area contributed by atoms with Crippen LogP contribution in [0.4, 0.5) is 4.39 Å². The Morgan fingerprint density at radius 2 is 2.33 bits per heavy atom. The second kappa shape index (κ2) is 5.09. The second-order valence-corrected chi connectivity index (χ2v) is 3.24. The molecule has 2 N–H and O–H groups in total. The average molecular weight is 232 g/mol. The summed E-state index contributed by atoms with van der Waals surface area (Å²) in [4.78, 5) is 0. The van der Waals surface area contributed by atoms with Gasteiger partial charge in [-0.05, 0) is 19.1 Å². The van der Waals surface area contributed by atoms with Gasteiger partial charge in [-0.15, -0.1) is 0 Å². The molecule has 0 heterocycles. The molecule has 0 bridgehead atoms. The maximum Gasteiger partial charge on any atom is 0.215 e. The highest BCUT2D eigenvalue weighted by Crippen LogP contribution is 2.26. The van der Waals surface area contributed by atoms with Crippen LogP contribution in [0.1, 0.15) is 18.6 Å². The number of ether oxygens (including phenoxy) is 1. The first-order valence-corrected chi connectivity index (χ1v) is 4.79. The van der Waals surface area contributed by atoms with E-state index in [1.54, 1.807) is 6.92 Å². The predicted molar refractivity (Wildman–Crippen MR) is 55.7 cm³/mol. The standard InChI is InChI=1S/C10H11ClFNO2/c1-2-15-10(13)9(14)8-6(11)4-3-5-7(8)12/h3-5,9,13-14H,2H2,1H3/t9-/m0/s1. The van der Waals surface area contributed by atoms with E-state index in [1.165, 1.54) is 18.2 Å². The molecule has 5 heteroatoms. The van der Waals surface area contributed by atoms with E-state index in [9.17, 15) is 9.50 Å². The highest BCUT2D eigenvalue weighted by molar-refractivity contribution is 6.31. The number of nitrogens with one attached hydrogen (secondary N) is 1. The monoisotopic (exact) mass is 231 g/mol. The van der Waals surface area contributed by atoms with E-state index < -0.39 is 17.8 Å². The van der Waals surface area contributed by atoms with Crippen molar-refractivity contribution in [2.24, 2.45) is 0 Å². The molecule has 0 saturated carbocycles. The van der Waals surface area contributed by atoms with Crippen LogP contribution in [0.2, 0.25) is 5.02 Å². The minimum Gasteiger partial charge on any atom is -0.479 e. The Morgan fingerprint density at radius 1 is 1.67 bits per heavy atom. The van der Waals surface area contributed by atoms with Gasteiger partial charge in [0.05, 0.1) is 6.61 Å². The lowest BCUT2D eigenvalue weighted by atomic mass is 10.1. The first-order chi connectivity index (χ1) is 7.07. The van der Waals surface area contributed by atoms with Crippen molar-refractivity contribution in [2.75, 3.05) is 6.61 Å². The van der Waals surface area contributed by atoms with E-state index in [4.69, 9.17) is 21.7 Å². The normalized spacial score (nSPS) is 12.3. The Labute approximate surface area is 92.0 Å². The molecule has 1 rings (SSSR count). The van der Waals surface area contributed by atoms with Gasteiger partial charge in [0, 0.05) is 10.6 Å². The molecule has 0 amide bonds. The molecule has 82 valence electrons. The maximum atomic E-state index is 13.3. The van der Waals surface area contributed by atoms with Gasteiger partial charge in [-0.3, -0.25) is 5.41 Å². The van der Waals surface area contributed by atoms with Gasteiger partial charge in [0.1, 0.15) is 5.82 Å². The summed E-state index contributed by atoms with van der Waals surface area (Å²) in [7, 11) is 0. The van der Waals surface area contributed by atoms with Gasteiger partial charge in [0.15, 0.2) is 6.10 Å². The van der Waals surface area contributed by atoms with Gasteiger partial charge in [-0.1, -0.05) is 17.7 Å². The topological polar surface area (TPSA) is 53.3 Å². The summed E-state index contributed by atoms with van der Waals surface area (Å²) in [5.41, 5.74) is -0.127. The molecule has 0 unspecified atom stereocenters. The molecule has 0 saturated heterocycles. The molecule has 1 aromatic rings. The maximum absolute atomic E-state index is 13.3. The predicted octanol–water partition coefficient (Wildman–Crippen LogP) is 2.53. The fraction of sp³-hybridized carbons (Fsp3) is 0.300. The Balaban J connectivity index is 3.00. The molecule has 0 aliphatic carbocycles. The summed E-state index contributed by atoms with van der Waals surface area (Å²) in [6.45, 7) is 1.91.